The zero-order valence-corrected chi connectivity index (χ0v) is 5.38. The van der Waals surface area contributed by atoms with Crippen molar-refractivity contribution in [2.75, 3.05) is 0 Å². The maximum atomic E-state index is 11.9. The predicted molar refractivity (Wildman–Crippen MR) is 31.7 cm³/mol. The van der Waals surface area contributed by atoms with E-state index in [1.165, 1.54) is 13.3 Å². The van der Waals surface area contributed by atoms with Gasteiger partial charge in [0.2, 0.25) is 0 Å². The van der Waals surface area contributed by atoms with Gasteiger partial charge in [0.15, 0.2) is 0 Å². The third-order valence-electron chi connectivity index (χ3n) is 1.18. The predicted octanol–water partition coefficient (Wildman–Crippen LogP) is 1.72. The SMILES string of the molecule is Cc1ncncc1C(F)F. The van der Waals surface area contributed by atoms with Crippen LogP contribution in [0, 0.1) is 6.92 Å². The van der Waals surface area contributed by atoms with Gasteiger partial charge in [0.1, 0.15) is 6.33 Å². The van der Waals surface area contributed by atoms with Crippen molar-refractivity contribution in [3.63, 3.8) is 0 Å². The quantitative estimate of drug-likeness (QED) is 0.599. The van der Waals surface area contributed by atoms with Gasteiger partial charge in [0, 0.05) is 11.9 Å². The number of alkyl halides is 2. The van der Waals surface area contributed by atoms with Gasteiger partial charge < -0.3 is 0 Å². The Morgan fingerprint density at radius 1 is 1.50 bits per heavy atom. The van der Waals surface area contributed by atoms with E-state index in [1.54, 1.807) is 0 Å². The van der Waals surface area contributed by atoms with Crippen LogP contribution in [-0.4, -0.2) is 9.97 Å². The standard InChI is InChI=1S/C6H6F2N2/c1-4-5(6(7)8)2-9-3-10-4/h2-3,6H,1H3. The number of rotatable bonds is 1. The first-order valence-electron chi connectivity index (χ1n) is 2.76. The summed E-state index contributed by atoms with van der Waals surface area (Å²) in [5.74, 6) is 0. The van der Waals surface area contributed by atoms with Crippen LogP contribution in [0.3, 0.4) is 0 Å². The van der Waals surface area contributed by atoms with Crippen molar-refractivity contribution < 1.29 is 8.78 Å². The zero-order chi connectivity index (χ0) is 7.56. The summed E-state index contributed by atoms with van der Waals surface area (Å²) < 4.78 is 23.9. The van der Waals surface area contributed by atoms with E-state index in [2.05, 4.69) is 9.97 Å². The second-order valence-electron chi connectivity index (χ2n) is 1.86. The molecule has 0 saturated heterocycles. The Kier molecular flexibility index (Phi) is 1.89. The molecule has 0 radical (unpaired) electrons. The summed E-state index contributed by atoms with van der Waals surface area (Å²) in [7, 11) is 0. The van der Waals surface area contributed by atoms with Crippen molar-refractivity contribution in [2.45, 2.75) is 13.3 Å². The summed E-state index contributed by atoms with van der Waals surface area (Å²) in [5.41, 5.74) is 0.243. The lowest BCUT2D eigenvalue weighted by Crippen LogP contribution is -1.93. The Morgan fingerprint density at radius 2 is 2.20 bits per heavy atom. The summed E-state index contributed by atoms with van der Waals surface area (Å²) in [6.45, 7) is 1.53. The molecule has 54 valence electrons. The van der Waals surface area contributed by atoms with Crippen molar-refractivity contribution in [2.24, 2.45) is 0 Å². The van der Waals surface area contributed by atoms with Crippen molar-refractivity contribution in [1.29, 1.82) is 0 Å². The highest BCUT2D eigenvalue weighted by Gasteiger charge is 2.09. The van der Waals surface area contributed by atoms with Gasteiger partial charge in [-0.1, -0.05) is 0 Å². The van der Waals surface area contributed by atoms with Crippen molar-refractivity contribution in [1.82, 2.24) is 9.97 Å². The average Bonchev–Trinajstić information content (AvgIpc) is 1.88. The lowest BCUT2D eigenvalue weighted by Gasteiger charge is -1.99. The molecule has 0 N–H and O–H groups in total. The lowest BCUT2D eigenvalue weighted by molar-refractivity contribution is 0.149. The second-order valence-corrected chi connectivity index (χ2v) is 1.86. The largest absolute Gasteiger partial charge is 0.267 e. The minimum absolute atomic E-state index is 0.0949. The van der Waals surface area contributed by atoms with Gasteiger partial charge in [-0.05, 0) is 6.92 Å². The van der Waals surface area contributed by atoms with Gasteiger partial charge in [-0.3, -0.25) is 0 Å². The molecule has 0 atom stereocenters. The number of nitrogens with zero attached hydrogens (tertiary/aromatic N) is 2. The van der Waals surface area contributed by atoms with E-state index in [9.17, 15) is 8.78 Å². The molecule has 0 aliphatic carbocycles. The van der Waals surface area contributed by atoms with E-state index in [0.29, 0.717) is 5.69 Å². The van der Waals surface area contributed by atoms with Crippen LogP contribution in [0.15, 0.2) is 12.5 Å². The number of aromatic nitrogens is 2. The van der Waals surface area contributed by atoms with Gasteiger partial charge >= 0.3 is 0 Å². The summed E-state index contributed by atoms with van der Waals surface area (Å²) >= 11 is 0. The zero-order valence-electron chi connectivity index (χ0n) is 5.38. The van der Waals surface area contributed by atoms with Gasteiger partial charge in [-0.25, -0.2) is 18.7 Å². The lowest BCUT2D eigenvalue weighted by atomic mass is 10.2. The van der Waals surface area contributed by atoms with Crippen LogP contribution in [0.1, 0.15) is 17.7 Å². The van der Waals surface area contributed by atoms with Crippen LogP contribution in [0.5, 0.6) is 0 Å². The normalized spacial score (nSPS) is 10.4. The first-order valence-corrected chi connectivity index (χ1v) is 2.76. The molecule has 4 heteroatoms. The first-order chi connectivity index (χ1) is 4.72. The Labute approximate surface area is 56.9 Å². The maximum Gasteiger partial charge on any atom is 0.267 e. The molecule has 2 nitrogen and oxygen atoms in total. The minimum Gasteiger partial charge on any atom is -0.244 e. The fourth-order valence-electron chi connectivity index (χ4n) is 0.616. The molecule has 0 aliphatic heterocycles. The average molecular weight is 144 g/mol. The highest BCUT2D eigenvalue weighted by molar-refractivity contribution is 5.14. The van der Waals surface area contributed by atoms with E-state index >= 15 is 0 Å². The molecule has 0 spiro atoms. The van der Waals surface area contributed by atoms with Crippen LogP contribution in [0.25, 0.3) is 0 Å². The molecule has 0 amide bonds. The Bertz CT molecular complexity index is 225. The summed E-state index contributed by atoms with van der Waals surface area (Å²) in [6.07, 6.45) is -0.0880. The Balaban J connectivity index is 3.03. The monoisotopic (exact) mass is 144 g/mol. The molecule has 10 heavy (non-hydrogen) atoms. The highest BCUT2D eigenvalue weighted by Crippen LogP contribution is 2.18. The molecule has 0 aliphatic rings. The van der Waals surface area contributed by atoms with Crippen molar-refractivity contribution >= 4 is 0 Å². The van der Waals surface area contributed by atoms with Crippen LogP contribution in [0.4, 0.5) is 8.78 Å². The van der Waals surface area contributed by atoms with Gasteiger partial charge in [-0.2, -0.15) is 0 Å². The van der Waals surface area contributed by atoms with Crippen LogP contribution in [-0.2, 0) is 0 Å². The van der Waals surface area contributed by atoms with E-state index in [4.69, 9.17) is 0 Å². The molecule has 0 aromatic carbocycles. The summed E-state index contributed by atoms with van der Waals surface area (Å²) in [4.78, 5) is 7.08. The Morgan fingerprint density at radius 3 is 2.60 bits per heavy atom. The Hall–Kier alpha value is -1.06. The number of aryl methyl sites for hydroxylation is 1. The van der Waals surface area contributed by atoms with Crippen LogP contribution >= 0.6 is 0 Å². The molecule has 0 fully saturated rings. The first kappa shape index (κ1) is 7.05. The molecular weight excluding hydrogens is 138 g/mol. The number of hydrogen-bond acceptors (Lipinski definition) is 2. The summed E-state index contributed by atoms with van der Waals surface area (Å²) in [5, 5.41) is 0. The fourth-order valence-corrected chi connectivity index (χ4v) is 0.616. The molecule has 0 unspecified atom stereocenters. The van der Waals surface area contributed by atoms with E-state index < -0.39 is 6.43 Å². The van der Waals surface area contributed by atoms with Gasteiger partial charge in [0.25, 0.3) is 6.43 Å². The van der Waals surface area contributed by atoms with Gasteiger partial charge in [0.05, 0.1) is 5.56 Å². The van der Waals surface area contributed by atoms with Crippen molar-refractivity contribution in [3.8, 4) is 0 Å². The topological polar surface area (TPSA) is 25.8 Å². The summed E-state index contributed by atoms with van der Waals surface area (Å²) in [6, 6.07) is 0. The maximum absolute atomic E-state index is 11.9. The fraction of sp³-hybridized carbons (Fsp3) is 0.333. The third kappa shape index (κ3) is 1.26. The van der Waals surface area contributed by atoms with E-state index in [0.717, 1.165) is 6.20 Å². The van der Waals surface area contributed by atoms with Crippen molar-refractivity contribution in [3.05, 3.63) is 23.8 Å². The van der Waals surface area contributed by atoms with Gasteiger partial charge in [-0.15, -0.1) is 0 Å². The number of hydrogen-bond donors (Lipinski definition) is 0. The number of halogens is 2. The highest BCUT2D eigenvalue weighted by atomic mass is 19.3. The molecule has 0 saturated carbocycles. The van der Waals surface area contributed by atoms with E-state index in [1.807, 2.05) is 0 Å². The molecule has 1 heterocycles. The smallest absolute Gasteiger partial charge is 0.244 e. The van der Waals surface area contributed by atoms with E-state index in [-0.39, 0.29) is 5.56 Å². The second kappa shape index (κ2) is 2.68. The molecule has 1 aromatic heterocycles. The van der Waals surface area contributed by atoms with Crippen LogP contribution in [0.2, 0.25) is 0 Å². The molecule has 1 aromatic rings. The third-order valence-corrected chi connectivity index (χ3v) is 1.18. The van der Waals surface area contributed by atoms with Crippen LogP contribution < -0.4 is 0 Å². The molecular formula is C6H6F2N2. The minimum atomic E-state index is -2.47. The molecule has 0 bridgehead atoms. The molecule has 1 rings (SSSR count).